The van der Waals surface area contributed by atoms with Crippen molar-refractivity contribution in [3.63, 3.8) is 0 Å². The second-order valence-corrected chi connectivity index (χ2v) is 5.84. The summed E-state index contributed by atoms with van der Waals surface area (Å²) >= 11 is 0. The Balaban J connectivity index is 2.25. The predicted octanol–water partition coefficient (Wildman–Crippen LogP) is 2.39. The van der Waals surface area contributed by atoms with Crippen LogP contribution in [-0.4, -0.2) is 42.1 Å². The Hall–Kier alpha value is -1.88. The molecule has 0 saturated carbocycles. The fourth-order valence-corrected chi connectivity index (χ4v) is 3.21. The Labute approximate surface area is 137 Å². The van der Waals surface area contributed by atoms with Crippen molar-refractivity contribution in [1.82, 2.24) is 4.90 Å². The van der Waals surface area contributed by atoms with Gasteiger partial charge in [0.2, 0.25) is 0 Å². The summed E-state index contributed by atoms with van der Waals surface area (Å²) in [5, 5.41) is 0. The first-order valence-corrected chi connectivity index (χ1v) is 8.21. The molecule has 1 aromatic carbocycles. The molecule has 0 amide bonds. The minimum absolute atomic E-state index is 0.0483. The molecule has 0 aliphatic carbocycles. The third kappa shape index (κ3) is 4.10. The van der Waals surface area contributed by atoms with E-state index in [0.717, 1.165) is 5.56 Å². The van der Waals surface area contributed by atoms with Crippen LogP contribution >= 0.6 is 0 Å². The average Bonchev–Trinajstić information content (AvgIpc) is 2.85. The van der Waals surface area contributed by atoms with Gasteiger partial charge in [-0.3, -0.25) is 14.5 Å². The van der Waals surface area contributed by atoms with Crippen molar-refractivity contribution >= 4 is 11.9 Å². The van der Waals surface area contributed by atoms with E-state index in [4.69, 9.17) is 9.47 Å². The van der Waals surface area contributed by atoms with Gasteiger partial charge in [-0.25, -0.2) is 0 Å². The van der Waals surface area contributed by atoms with Crippen LogP contribution in [0.1, 0.15) is 32.8 Å². The maximum Gasteiger partial charge on any atom is 0.323 e. The van der Waals surface area contributed by atoms with Crippen molar-refractivity contribution in [2.75, 3.05) is 13.2 Å². The van der Waals surface area contributed by atoms with Crippen molar-refractivity contribution < 1.29 is 19.1 Å². The lowest BCUT2D eigenvalue weighted by atomic mass is 10.0. The Bertz CT molecular complexity index is 531. The van der Waals surface area contributed by atoms with E-state index >= 15 is 0 Å². The molecule has 0 N–H and O–H groups in total. The van der Waals surface area contributed by atoms with Crippen LogP contribution in [0.25, 0.3) is 0 Å². The SMILES string of the molecule is CCOC(=O)[C@@H]1[C@@H](C)C[C@@H](C(=O)OCC)N1Cc1ccccc1. The van der Waals surface area contributed by atoms with E-state index in [1.807, 2.05) is 42.2 Å². The quantitative estimate of drug-likeness (QED) is 0.754. The number of hydrogen-bond donors (Lipinski definition) is 0. The first-order chi connectivity index (χ1) is 11.1. The molecule has 1 aliphatic rings. The topological polar surface area (TPSA) is 55.8 Å². The summed E-state index contributed by atoms with van der Waals surface area (Å²) in [7, 11) is 0. The van der Waals surface area contributed by atoms with Gasteiger partial charge in [0, 0.05) is 6.54 Å². The fourth-order valence-electron chi connectivity index (χ4n) is 3.21. The number of ether oxygens (including phenoxy) is 2. The van der Waals surface area contributed by atoms with Crippen LogP contribution < -0.4 is 0 Å². The number of carbonyl (C=O) groups is 2. The standard InChI is InChI=1S/C18H25NO4/c1-4-22-17(20)15-11-13(3)16(18(21)23-5-2)19(15)12-14-9-7-6-8-10-14/h6-10,13,15-16H,4-5,11-12H2,1-3H3/t13-,15-,16-/m0/s1. The lowest BCUT2D eigenvalue weighted by molar-refractivity contribution is -0.154. The molecular formula is C18H25NO4. The molecule has 5 heteroatoms. The lowest BCUT2D eigenvalue weighted by Gasteiger charge is -2.28. The fraction of sp³-hybridized carbons (Fsp3) is 0.556. The molecule has 1 aromatic rings. The number of benzene rings is 1. The van der Waals surface area contributed by atoms with Crippen molar-refractivity contribution in [2.45, 2.75) is 45.8 Å². The van der Waals surface area contributed by atoms with Crippen LogP contribution in [0.4, 0.5) is 0 Å². The monoisotopic (exact) mass is 319 g/mol. The zero-order chi connectivity index (χ0) is 16.8. The van der Waals surface area contributed by atoms with Crippen molar-refractivity contribution in [2.24, 2.45) is 5.92 Å². The van der Waals surface area contributed by atoms with Gasteiger partial charge in [-0.15, -0.1) is 0 Å². The maximum absolute atomic E-state index is 12.4. The highest BCUT2D eigenvalue weighted by Gasteiger charge is 2.47. The van der Waals surface area contributed by atoms with Gasteiger partial charge in [0.1, 0.15) is 12.1 Å². The molecule has 2 rings (SSSR count). The smallest absolute Gasteiger partial charge is 0.323 e. The minimum Gasteiger partial charge on any atom is -0.465 e. The third-order valence-corrected chi connectivity index (χ3v) is 4.19. The highest BCUT2D eigenvalue weighted by molar-refractivity contribution is 5.81. The first-order valence-electron chi connectivity index (χ1n) is 8.21. The summed E-state index contributed by atoms with van der Waals surface area (Å²) in [6, 6.07) is 9.02. The second-order valence-electron chi connectivity index (χ2n) is 5.84. The molecule has 0 spiro atoms. The first kappa shape index (κ1) is 17.5. The molecule has 0 bridgehead atoms. The van der Waals surface area contributed by atoms with Gasteiger partial charge >= 0.3 is 11.9 Å². The van der Waals surface area contributed by atoms with E-state index < -0.39 is 12.1 Å². The average molecular weight is 319 g/mol. The maximum atomic E-state index is 12.4. The van der Waals surface area contributed by atoms with Crippen LogP contribution in [0.3, 0.4) is 0 Å². The number of rotatable bonds is 6. The second kappa shape index (κ2) is 8.11. The molecule has 0 radical (unpaired) electrons. The summed E-state index contributed by atoms with van der Waals surface area (Å²) < 4.78 is 10.4. The highest BCUT2D eigenvalue weighted by atomic mass is 16.5. The molecular weight excluding hydrogens is 294 g/mol. The largest absolute Gasteiger partial charge is 0.465 e. The van der Waals surface area contributed by atoms with E-state index in [0.29, 0.717) is 26.2 Å². The van der Waals surface area contributed by atoms with Gasteiger partial charge < -0.3 is 9.47 Å². The van der Waals surface area contributed by atoms with Crippen LogP contribution in [0.5, 0.6) is 0 Å². The van der Waals surface area contributed by atoms with Gasteiger partial charge in [0.25, 0.3) is 0 Å². The third-order valence-electron chi connectivity index (χ3n) is 4.19. The number of likely N-dealkylation sites (tertiary alicyclic amines) is 1. The summed E-state index contributed by atoms with van der Waals surface area (Å²) in [6.45, 7) is 6.78. The van der Waals surface area contributed by atoms with E-state index in [-0.39, 0.29) is 17.9 Å². The van der Waals surface area contributed by atoms with Crippen molar-refractivity contribution in [3.8, 4) is 0 Å². The normalized spacial score (nSPS) is 24.4. The van der Waals surface area contributed by atoms with Crippen molar-refractivity contribution in [1.29, 1.82) is 0 Å². The molecule has 126 valence electrons. The van der Waals surface area contributed by atoms with Crippen LogP contribution in [0, 0.1) is 5.92 Å². The van der Waals surface area contributed by atoms with E-state index in [2.05, 4.69) is 0 Å². The van der Waals surface area contributed by atoms with Crippen LogP contribution in [0.2, 0.25) is 0 Å². The van der Waals surface area contributed by atoms with Crippen molar-refractivity contribution in [3.05, 3.63) is 35.9 Å². The molecule has 1 saturated heterocycles. The Kier molecular flexibility index (Phi) is 6.16. The van der Waals surface area contributed by atoms with Gasteiger partial charge in [-0.1, -0.05) is 37.3 Å². The molecule has 1 fully saturated rings. The number of esters is 2. The Morgan fingerprint density at radius 3 is 2.30 bits per heavy atom. The summed E-state index contributed by atoms with van der Waals surface area (Å²) in [5.74, 6) is -0.475. The van der Waals surface area contributed by atoms with Crippen LogP contribution in [-0.2, 0) is 25.6 Å². The molecule has 3 atom stereocenters. The summed E-state index contributed by atoms with van der Waals surface area (Å²) in [6.07, 6.45) is 0.606. The molecule has 23 heavy (non-hydrogen) atoms. The van der Waals surface area contributed by atoms with E-state index in [1.54, 1.807) is 13.8 Å². The number of nitrogens with zero attached hydrogens (tertiary/aromatic N) is 1. The zero-order valence-electron chi connectivity index (χ0n) is 14.0. The summed E-state index contributed by atoms with van der Waals surface area (Å²) in [4.78, 5) is 26.6. The molecule has 0 unspecified atom stereocenters. The molecule has 1 heterocycles. The molecule has 0 aromatic heterocycles. The van der Waals surface area contributed by atoms with E-state index in [9.17, 15) is 9.59 Å². The predicted molar refractivity (Wildman–Crippen MR) is 86.6 cm³/mol. The van der Waals surface area contributed by atoms with E-state index in [1.165, 1.54) is 0 Å². The van der Waals surface area contributed by atoms with Gasteiger partial charge in [0.15, 0.2) is 0 Å². The number of hydrogen-bond acceptors (Lipinski definition) is 5. The highest BCUT2D eigenvalue weighted by Crippen LogP contribution is 2.33. The van der Waals surface area contributed by atoms with Crippen LogP contribution in [0.15, 0.2) is 30.3 Å². The molecule has 5 nitrogen and oxygen atoms in total. The molecule has 1 aliphatic heterocycles. The zero-order valence-corrected chi connectivity index (χ0v) is 14.0. The number of carbonyl (C=O) groups excluding carboxylic acids is 2. The Morgan fingerprint density at radius 1 is 1.09 bits per heavy atom. The summed E-state index contributed by atoms with van der Waals surface area (Å²) in [5.41, 5.74) is 1.06. The Morgan fingerprint density at radius 2 is 1.70 bits per heavy atom. The minimum atomic E-state index is -0.412. The van der Waals surface area contributed by atoms with Gasteiger partial charge in [-0.05, 0) is 31.7 Å². The van der Waals surface area contributed by atoms with Gasteiger partial charge in [0.05, 0.1) is 13.2 Å². The lowest BCUT2D eigenvalue weighted by Crippen LogP contribution is -2.46. The van der Waals surface area contributed by atoms with Gasteiger partial charge in [-0.2, -0.15) is 0 Å².